The van der Waals surface area contributed by atoms with Gasteiger partial charge in [0.1, 0.15) is 0 Å². The summed E-state index contributed by atoms with van der Waals surface area (Å²) < 4.78 is 2.59. The Morgan fingerprint density at radius 1 is 0.432 bits per heavy atom. The van der Waals surface area contributed by atoms with Crippen LogP contribution in [0, 0.1) is 0 Å². The Morgan fingerprint density at radius 2 is 1.08 bits per heavy atom. The van der Waals surface area contributed by atoms with Gasteiger partial charge in [-0.25, -0.2) is 9.97 Å². The summed E-state index contributed by atoms with van der Waals surface area (Å²) in [6, 6.07) is 41.9. The molecule has 0 unspecified atom stereocenters. The van der Waals surface area contributed by atoms with E-state index < -0.39 is 0 Å². The van der Waals surface area contributed by atoms with Crippen molar-refractivity contribution in [1.29, 1.82) is 0 Å². The Labute approximate surface area is 218 Å². The number of aromatic nitrogens is 3. The van der Waals surface area contributed by atoms with E-state index in [0.29, 0.717) is 5.82 Å². The van der Waals surface area contributed by atoms with Crippen LogP contribution in [0.5, 0.6) is 0 Å². The van der Waals surface area contributed by atoms with E-state index in [9.17, 15) is 0 Å². The van der Waals surface area contributed by atoms with E-state index in [1.807, 2.05) is 53.9 Å². The molecule has 7 aromatic rings. The molecule has 0 spiro atoms. The lowest BCUT2D eigenvalue weighted by molar-refractivity contribution is 1.18. The number of nitrogens with zero attached hydrogens (tertiary/aromatic N) is 3. The van der Waals surface area contributed by atoms with Crippen molar-refractivity contribution >= 4 is 31.5 Å². The van der Waals surface area contributed by atoms with Crippen molar-refractivity contribution in [2.45, 2.75) is 0 Å². The first-order valence-corrected chi connectivity index (χ1v) is 13.0. The van der Waals surface area contributed by atoms with Gasteiger partial charge in [-0.05, 0) is 36.4 Å². The first kappa shape index (κ1) is 21.6. The number of rotatable bonds is 4. The van der Waals surface area contributed by atoms with Crippen molar-refractivity contribution in [2.24, 2.45) is 0 Å². The molecule has 0 amide bonds. The van der Waals surface area contributed by atoms with E-state index in [2.05, 4.69) is 89.9 Å². The smallest absolute Gasteiger partial charge is 0.160 e. The summed E-state index contributed by atoms with van der Waals surface area (Å²) >= 11 is 1.83. The highest BCUT2D eigenvalue weighted by Gasteiger charge is 2.13. The maximum absolute atomic E-state index is 5.05. The topological polar surface area (TPSA) is 38.7 Å². The van der Waals surface area contributed by atoms with Crippen LogP contribution >= 0.6 is 11.3 Å². The highest BCUT2D eigenvalue weighted by Crippen LogP contribution is 2.37. The second kappa shape index (κ2) is 9.08. The third-order valence-electron chi connectivity index (χ3n) is 6.57. The minimum atomic E-state index is 0.708. The molecule has 0 aliphatic heterocycles. The number of benzene rings is 4. The average Bonchev–Trinajstić information content (AvgIpc) is 3.36. The lowest BCUT2D eigenvalue weighted by Crippen LogP contribution is -1.96. The largest absolute Gasteiger partial charge is 0.256 e. The van der Waals surface area contributed by atoms with Crippen molar-refractivity contribution < 1.29 is 0 Å². The van der Waals surface area contributed by atoms with E-state index in [1.165, 1.54) is 20.2 Å². The van der Waals surface area contributed by atoms with Crippen LogP contribution in [0.15, 0.2) is 128 Å². The quantitative estimate of drug-likeness (QED) is 0.247. The molecule has 0 fully saturated rings. The van der Waals surface area contributed by atoms with Gasteiger partial charge in [-0.3, -0.25) is 4.98 Å². The lowest BCUT2D eigenvalue weighted by Gasteiger charge is -2.10. The van der Waals surface area contributed by atoms with Gasteiger partial charge in [-0.2, -0.15) is 0 Å². The molecular weight excluding hydrogens is 470 g/mol. The monoisotopic (exact) mass is 491 g/mol. The Morgan fingerprint density at radius 3 is 1.89 bits per heavy atom. The first-order chi connectivity index (χ1) is 18.3. The third-order valence-corrected chi connectivity index (χ3v) is 7.72. The van der Waals surface area contributed by atoms with Gasteiger partial charge in [0.15, 0.2) is 5.82 Å². The van der Waals surface area contributed by atoms with Crippen LogP contribution in [-0.4, -0.2) is 15.0 Å². The minimum absolute atomic E-state index is 0.708. The molecule has 7 rings (SSSR count). The predicted molar refractivity (Wildman–Crippen MR) is 154 cm³/mol. The van der Waals surface area contributed by atoms with Crippen molar-refractivity contribution in [3.8, 4) is 45.2 Å². The van der Waals surface area contributed by atoms with E-state index in [0.717, 1.165) is 39.3 Å². The summed E-state index contributed by atoms with van der Waals surface area (Å²) in [6.07, 6.45) is 1.81. The van der Waals surface area contributed by atoms with Crippen LogP contribution in [-0.2, 0) is 0 Å². The maximum atomic E-state index is 5.05. The van der Waals surface area contributed by atoms with Gasteiger partial charge in [0.05, 0.1) is 17.1 Å². The van der Waals surface area contributed by atoms with Gasteiger partial charge in [0.25, 0.3) is 0 Å². The zero-order chi connectivity index (χ0) is 24.6. The molecule has 4 aromatic carbocycles. The molecule has 4 heteroatoms. The fourth-order valence-corrected chi connectivity index (χ4v) is 5.78. The molecule has 0 bridgehead atoms. The molecule has 37 heavy (non-hydrogen) atoms. The van der Waals surface area contributed by atoms with Gasteiger partial charge >= 0.3 is 0 Å². The molecule has 0 aliphatic rings. The van der Waals surface area contributed by atoms with Gasteiger partial charge in [0, 0.05) is 48.6 Å². The SMILES string of the molecule is c1ccc(-c2cc(-c3ccc4sc5ccccc5c4c3)nc(-c3ccc(-c4ccccn4)cc3)n2)cc1. The fourth-order valence-electron chi connectivity index (χ4n) is 4.69. The van der Waals surface area contributed by atoms with Crippen LogP contribution in [0.25, 0.3) is 65.3 Å². The third kappa shape index (κ3) is 4.07. The predicted octanol–water partition coefficient (Wildman–Crippen LogP) is 8.91. The van der Waals surface area contributed by atoms with E-state index in [1.54, 1.807) is 0 Å². The normalized spacial score (nSPS) is 11.2. The molecule has 0 saturated carbocycles. The summed E-state index contributed by atoms with van der Waals surface area (Å²) in [5.74, 6) is 0.708. The standard InChI is InChI=1S/C33H21N3S/c1-2-8-22(9-3-1)29-21-30(25-17-18-32-27(20-25)26-10-4-5-12-31(26)37-32)36-33(35-29)24-15-13-23(14-16-24)28-11-6-7-19-34-28/h1-21H. The van der Waals surface area contributed by atoms with Crippen LogP contribution in [0.2, 0.25) is 0 Å². The highest BCUT2D eigenvalue weighted by molar-refractivity contribution is 7.25. The number of thiophene rings is 1. The highest BCUT2D eigenvalue weighted by atomic mass is 32.1. The molecule has 0 saturated heterocycles. The molecule has 3 heterocycles. The molecule has 3 aromatic heterocycles. The molecule has 3 nitrogen and oxygen atoms in total. The van der Waals surface area contributed by atoms with Crippen LogP contribution in [0.3, 0.4) is 0 Å². The number of pyridine rings is 1. The molecule has 0 N–H and O–H groups in total. The number of hydrogen-bond acceptors (Lipinski definition) is 4. The maximum Gasteiger partial charge on any atom is 0.160 e. The summed E-state index contributed by atoms with van der Waals surface area (Å²) in [4.78, 5) is 14.5. The second-order valence-electron chi connectivity index (χ2n) is 8.93. The molecule has 0 radical (unpaired) electrons. The van der Waals surface area contributed by atoms with Gasteiger partial charge < -0.3 is 0 Å². The summed E-state index contributed by atoms with van der Waals surface area (Å²) in [6.45, 7) is 0. The fraction of sp³-hybridized carbons (Fsp3) is 0. The molecule has 0 aliphatic carbocycles. The zero-order valence-electron chi connectivity index (χ0n) is 19.9. The first-order valence-electron chi connectivity index (χ1n) is 12.2. The number of hydrogen-bond donors (Lipinski definition) is 0. The van der Waals surface area contributed by atoms with Crippen molar-refractivity contribution in [2.75, 3.05) is 0 Å². The van der Waals surface area contributed by atoms with Crippen molar-refractivity contribution in [1.82, 2.24) is 15.0 Å². The van der Waals surface area contributed by atoms with Crippen molar-refractivity contribution in [3.05, 3.63) is 128 Å². The minimum Gasteiger partial charge on any atom is -0.256 e. The molecular formula is C33H21N3S. The summed E-state index contributed by atoms with van der Waals surface area (Å²) in [5, 5.41) is 2.55. The Bertz CT molecular complexity index is 1860. The lowest BCUT2D eigenvalue weighted by atomic mass is 10.0. The van der Waals surface area contributed by atoms with Gasteiger partial charge in [0.2, 0.25) is 0 Å². The second-order valence-corrected chi connectivity index (χ2v) is 10.0. The number of fused-ring (bicyclic) bond motifs is 3. The van der Waals surface area contributed by atoms with Crippen LogP contribution in [0.4, 0.5) is 0 Å². The summed E-state index contributed by atoms with van der Waals surface area (Å²) in [5.41, 5.74) is 6.96. The molecule has 174 valence electrons. The van der Waals surface area contributed by atoms with Crippen LogP contribution in [0.1, 0.15) is 0 Å². The van der Waals surface area contributed by atoms with E-state index in [-0.39, 0.29) is 0 Å². The van der Waals surface area contributed by atoms with Gasteiger partial charge in [-0.15, -0.1) is 11.3 Å². The Kier molecular flexibility index (Phi) is 5.30. The van der Waals surface area contributed by atoms with E-state index >= 15 is 0 Å². The Hall–Kier alpha value is -4.67. The molecule has 0 atom stereocenters. The summed E-state index contributed by atoms with van der Waals surface area (Å²) in [7, 11) is 0. The van der Waals surface area contributed by atoms with Crippen LogP contribution < -0.4 is 0 Å². The van der Waals surface area contributed by atoms with Gasteiger partial charge in [-0.1, -0.05) is 84.9 Å². The average molecular weight is 492 g/mol. The van der Waals surface area contributed by atoms with E-state index in [4.69, 9.17) is 9.97 Å². The zero-order valence-corrected chi connectivity index (χ0v) is 20.7. The Balaban J connectivity index is 1.37. The van der Waals surface area contributed by atoms with Crippen molar-refractivity contribution in [3.63, 3.8) is 0 Å².